The van der Waals surface area contributed by atoms with Crippen LogP contribution in [-0.2, 0) is 7.05 Å². The molecule has 1 aromatic rings. The Bertz CT molecular complexity index is 541. The van der Waals surface area contributed by atoms with Crippen LogP contribution in [0.15, 0.2) is 6.20 Å². The monoisotopic (exact) mass is 305 g/mol. The molecule has 2 aliphatic rings. The van der Waals surface area contributed by atoms with Crippen molar-refractivity contribution in [2.75, 3.05) is 46.3 Å². The molecular formula is C16H27N5O. The Kier molecular flexibility index (Phi) is 4.23. The van der Waals surface area contributed by atoms with Gasteiger partial charge in [-0.05, 0) is 26.8 Å². The Morgan fingerprint density at radius 3 is 2.50 bits per heavy atom. The summed E-state index contributed by atoms with van der Waals surface area (Å²) in [5, 5.41) is 7.27. The molecule has 0 atom stereocenters. The number of likely N-dealkylation sites (N-methyl/N-ethyl adjacent to an activating group) is 1. The minimum absolute atomic E-state index is 0.00949. The van der Waals surface area contributed by atoms with Crippen LogP contribution in [0.2, 0.25) is 0 Å². The topological polar surface area (TPSA) is 53.4 Å². The Morgan fingerprint density at radius 1 is 1.27 bits per heavy atom. The highest BCUT2D eigenvalue weighted by Crippen LogP contribution is 2.45. The number of aromatic nitrogens is 2. The lowest BCUT2D eigenvalue weighted by Gasteiger charge is -2.34. The molecule has 122 valence electrons. The van der Waals surface area contributed by atoms with E-state index in [9.17, 15) is 4.79 Å². The fourth-order valence-corrected chi connectivity index (χ4v) is 3.13. The molecule has 0 unspecified atom stereocenters. The van der Waals surface area contributed by atoms with Gasteiger partial charge in [0.15, 0.2) is 0 Å². The second-order valence-corrected chi connectivity index (χ2v) is 7.03. The Hall–Kier alpha value is -1.40. The van der Waals surface area contributed by atoms with E-state index in [2.05, 4.69) is 27.3 Å². The van der Waals surface area contributed by atoms with Crippen LogP contribution in [0.5, 0.6) is 0 Å². The number of nitrogens with zero attached hydrogens (tertiary/aromatic N) is 4. The number of carbonyl (C=O) groups excluding carboxylic acids is 1. The molecule has 3 rings (SSSR count). The minimum Gasteiger partial charge on any atom is -0.351 e. The molecule has 1 saturated carbocycles. The lowest BCUT2D eigenvalue weighted by Crippen LogP contribution is -2.47. The molecule has 0 bridgehead atoms. The van der Waals surface area contributed by atoms with Crippen LogP contribution in [0.1, 0.15) is 28.9 Å². The molecule has 2 heterocycles. The van der Waals surface area contributed by atoms with Crippen molar-refractivity contribution in [3.05, 3.63) is 17.5 Å². The molecule has 1 amide bonds. The number of aryl methyl sites for hydroxylation is 1. The maximum atomic E-state index is 12.3. The van der Waals surface area contributed by atoms with E-state index < -0.39 is 0 Å². The first kappa shape index (κ1) is 15.5. The van der Waals surface area contributed by atoms with Gasteiger partial charge in [-0.1, -0.05) is 0 Å². The quantitative estimate of drug-likeness (QED) is 0.860. The Balaban J connectivity index is 1.50. The van der Waals surface area contributed by atoms with Gasteiger partial charge < -0.3 is 15.1 Å². The second kappa shape index (κ2) is 6.01. The van der Waals surface area contributed by atoms with Crippen LogP contribution in [-0.4, -0.2) is 71.8 Å². The number of amides is 1. The molecule has 6 nitrogen and oxygen atoms in total. The standard InChI is InChI=1S/C16H27N5O/c1-13-14(10-18-20(13)3)15(22)17-11-16(4-5-16)12-21-8-6-19(2)7-9-21/h10H,4-9,11-12H2,1-3H3,(H,17,22). The third kappa shape index (κ3) is 3.33. The third-order valence-electron chi connectivity index (χ3n) is 5.22. The molecule has 2 fully saturated rings. The van der Waals surface area contributed by atoms with Gasteiger partial charge in [-0.15, -0.1) is 0 Å². The summed E-state index contributed by atoms with van der Waals surface area (Å²) in [6.45, 7) is 8.43. The average molecular weight is 305 g/mol. The Morgan fingerprint density at radius 2 is 1.95 bits per heavy atom. The lowest BCUT2D eigenvalue weighted by atomic mass is 10.1. The maximum absolute atomic E-state index is 12.3. The molecule has 1 aliphatic heterocycles. The maximum Gasteiger partial charge on any atom is 0.254 e. The third-order valence-corrected chi connectivity index (χ3v) is 5.22. The van der Waals surface area contributed by atoms with Crippen molar-refractivity contribution in [2.24, 2.45) is 12.5 Å². The van der Waals surface area contributed by atoms with Gasteiger partial charge >= 0.3 is 0 Å². The first-order valence-corrected chi connectivity index (χ1v) is 8.17. The fourth-order valence-electron chi connectivity index (χ4n) is 3.13. The Labute approximate surface area is 132 Å². The van der Waals surface area contributed by atoms with Crippen molar-refractivity contribution in [2.45, 2.75) is 19.8 Å². The zero-order valence-corrected chi connectivity index (χ0v) is 13.9. The van der Waals surface area contributed by atoms with Crippen LogP contribution in [0.3, 0.4) is 0 Å². The number of hydrogen-bond donors (Lipinski definition) is 1. The molecule has 6 heteroatoms. The average Bonchev–Trinajstić information content (AvgIpc) is 3.19. The first-order valence-electron chi connectivity index (χ1n) is 8.17. The van der Waals surface area contributed by atoms with Gasteiger partial charge in [0.2, 0.25) is 0 Å². The predicted octanol–water partition coefficient (Wildman–Crippen LogP) is 0.486. The van der Waals surface area contributed by atoms with Gasteiger partial charge in [0.25, 0.3) is 5.91 Å². The molecule has 22 heavy (non-hydrogen) atoms. The van der Waals surface area contributed by atoms with Crippen molar-refractivity contribution in [1.82, 2.24) is 24.9 Å². The summed E-state index contributed by atoms with van der Waals surface area (Å²) in [5.41, 5.74) is 1.92. The number of carbonyl (C=O) groups is 1. The van der Waals surface area contributed by atoms with Gasteiger partial charge in [-0.25, -0.2) is 0 Å². The number of nitrogens with one attached hydrogen (secondary N) is 1. The van der Waals surface area contributed by atoms with E-state index >= 15 is 0 Å². The van der Waals surface area contributed by atoms with Gasteiger partial charge in [-0.2, -0.15) is 5.10 Å². The van der Waals surface area contributed by atoms with Gasteiger partial charge in [-0.3, -0.25) is 9.48 Å². The van der Waals surface area contributed by atoms with Crippen LogP contribution < -0.4 is 5.32 Å². The van der Waals surface area contributed by atoms with Crippen molar-refractivity contribution in [1.29, 1.82) is 0 Å². The smallest absolute Gasteiger partial charge is 0.254 e. The normalized spacial score (nSPS) is 21.8. The number of piperazine rings is 1. The summed E-state index contributed by atoms with van der Waals surface area (Å²) < 4.78 is 1.74. The molecule has 1 aliphatic carbocycles. The van der Waals surface area contributed by atoms with E-state index in [0.29, 0.717) is 11.0 Å². The summed E-state index contributed by atoms with van der Waals surface area (Å²) in [6, 6.07) is 0. The highest BCUT2D eigenvalue weighted by atomic mass is 16.1. The van der Waals surface area contributed by atoms with Gasteiger partial charge in [0.05, 0.1) is 11.8 Å². The van der Waals surface area contributed by atoms with E-state index in [1.165, 1.54) is 12.8 Å². The molecule has 0 radical (unpaired) electrons. The first-order chi connectivity index (χ1) is 10.5. The summed E-state index contributed by atoms with van der Waals surface area (Å²) in [7, 11) is 4.04. The van der Waals surface area contributed by atoms with E-state index in [-0.39, 0.29) is 5.91 Å². The van der Waals surface area contributed by atoms with Crippen LogP contribution in [0.25, 0.3) is 0 Å². The van der Waals surface area contributed by atoms with Crippen LogP contribution >= 0.6 is 0 Å². The largest absolute Gasteiger partial charge is 0.351 e. The summed E-state index contributed by atoms with van der Waals surface area (Å²) in [6.07, 6.45) is 4.11. The van der Waals surface area contributed by atoms with Crippen molar-refractivity contribution in [3.63, 3.8) is 0 Å². The molecular weight excluding hydrogens is 278 g/mol. The van der Waals surface area contributed by atoms with E-state index in [4.69, 9.17) is 0 Å². The fraction of sp³-hybridized carbons (Fsp3) is 0.750. The molecule has 1 saturated heterocycles. The zero-order valence-electron chi connectivity index (χ0n) is 13.9. The van der Waals surface area contributed by atoms with E-state index in [0.717, 1.165) is 45.0 Å². The SMILES string of the molecule is Cc1c(C(=O)NCC2(CN3CCN(C)CC3)CC2)cnn1C. The van der Waals surface area contributed by atoms with E-state index in [1.54, 1.807) is 10.9 Å². The van der Waals surface area contributed by atoms with Crippen molar-refractivity contribution < 1.29 is 4.79 Å². The molecule has 1 N–H and O–H groups in total. The molecule has 1 aromatic heterocycles. The summed E-state index contributed by atoms with van der Waals surface area (Å²) in [5.74, 6) is 0.00949. The molecule has 0 spiro atoms. The van der Waals surface area contributed by atoms with Crippen LogP contribution in [0.4, 0.5) is 0 Å². The number of rotatable bonds is 5. The zero-order chi connectivity index (χ0) is 15.7. The van der Waals surface area contributed by atoms with E-state index in [1.807, 2.05) is 14.0 Å². The predicted molar refractivity (Wildman–Crippen MR) is 85.9 cm³/mol. The summed E-state index contributed by atoms with van der Waals surface area (Å²) in [4.78, 5) is 17.2. The van der Waals surface area contributed by atoms with Gasteiger partial charge in [0.1, 0.15) is 0 Å². The summed E-state index contributed by atoms with van der Waals surface area (Å²) >= 11 is 0. The second-order valence-electron chi connectivity index (χ2n) is 7.03. The molecule has 0 aromatic carbocycles. The highest BCUT2D eigenvalue weighted by molar-refractivity contribution is 5.95. The van der Waals surface area contributed by atoms with Crippen molar-refractivity contribution in [3.8, 4) is 0 Å². The highest BCUT2D eigenvalue weighted by Gasteiger charge is 2.44. The lowest BCUT2D eigenvalue weighted by molar-refractivity contribution is 0.0926. The minimum atomic E-state index is 0.00949. The van der Waals surface area contributed by atoms with Crippen LogP contribution in [0, 0.1) is 12.3 Å². The van der Waals surface area contributed by atoms with Crippen molar-refractivity contribution >= 4 is 5.91 Å². The van der Waals surface area contributed by atoms with Gasteiger partial charge in [0, 0.05) is 57.4 Å². The number of hydrogen-bond acceptors (Lipinski definition) is 4.